The molecule has 0 spiro atoms. The number of aromatic nitrogens is 3. The third-order valence-corrected chi connectivity index (χ3v) is 4.39. The lowest BCUT2D eigenvalue weighted by Crippen LogP contribution is -2.09. The number of carbonyl (C=O) groups is 1. The molecule has 0 aliphatic heterocycles. The summed E-state index contributed by atoms with van der Waals surface area (Å²) in [6, 6.07) is 9.62. The molecule has 0 atom stereocenters. The van der Waals surface area contributed by atoms with Crippen LogP contribution in [0.1, 0.15) is 10.6 Å². The van der Waals surface area contributed by atoms with Crippen molar-refractivity contribution in [3.8, 4) is 10.6 Å². The van der Waals surface area contributed by atoms with Crippen LogP contribution < -0.4 is 5.32 Å². The van der Waals surface area contributed by atoms with Crippen LogP contribution in [0.25, 0.3) is 10.6 Å². The van der Waals surface area contributed by atoms with Crippen molar-refractivity contribution in [1.29, 1.82) is 0 Å². The SMILES string of the molecule is COC(=O)COCc1ncc(-c2cccc(Nc3cc(C)ccn3)n2)s1. The summed E-state index contributed by atoms with van der Waals surface area (Å²) in [6.45, 7) is 2.18. The Labute approximate surface area is 155 Å². The van der Waals surface area contributed by atoms with Crippen molar-refractivity contribution in [3.63, 3.8) is 0 Å². The number of nitrogens with one attached hydrogen (secondary N) is 1. The Morgan fingerprint density at radius 1 is 1.23 bits per heavy atom. The maximum absolute atomic E-state index is 11.1. The number of hydrogen-bond acceptors (Lipinski definition) is 8. The monoisotopic (exact) mass is 370 g/mol. The molecular weight excluding hydrogens is 352 g/mol. The fourth-order valence-corrected chi connectivity index (χ4v) is 2.98. The maximum Gasteiger partial charge on any atom is 0.331 e. The van der Waals surface area contributed by atoms with Crippen LogP contribution in [-0.4, -0.2) is 34.6 Å². The molecule has 0 saturated carbocycles. The zero-order chi connectivity index (χ0) is 18.4. The van der Waals surface area contributed by atoms with Crippen LogP contribution in [0.2, 0.25) is 0 Å². The lowest BCUT2D eigenvalue weighted by molar-refractivity contribution is -0.146. The molecule has 0 aliphatic rings. The summed E-state index contributed by atoms with van der Waals surface area (Å²) in [5, 5.41) is 3.97. The van der Waals surface area contributed by atoms with Crippen molar-refractivity contribution in [3.05, 3.63) is 53.3 Å². The van der Waals surface area contributed by atoms with Gasteiger partial charge in [0.2, 0.25) is 0 Å². The Morgan fingerprint density at radius 3 is 2.92 bits per heavy atom. The molecule has 0 radical (unpaired) electrons. The summed E-state index contributed by atoms with van der Waals surface area (Å²) in [4.78, 5) is 25.2. The minimum Gasteiger partial charge on any atom is -0.467 e. The Bertz CT molecular complexity index is 897. The molecule has 3 aromatic heterocycles. The number of pyridine rings is 2. The van der Waals surface area contributed by atoms with E-state index < -0.39 is 5.97 Å². The van der Waals surface area contributed by atoms with Gasteiger partial charge in [-0.05, 0) is 36.8 Å². The molecule has 0 bridgehead atoms. The van der Waals surface area contributed by atoms with Gasteiger partial charge in [0.05, 0.1) is 24.3 Å². The Balaban J connectivity index is 1.67. The van der Waals surface area contributed by atoms with Gasteiger partial charge in [-0.15, -0.1) is 11.3 Å². The van der Waals surface area contributed by atoms with Crippen LogP contribution in [0.15, 0.2) is 42.7 Å². The number of esters is 1. The number of ether oxygens (including phenoxy) is 2. The van der Waals surface area contributed by atoms with E-state index in [1.54, 1.807) is 12.4 Å². The Morgan fingerprint density at radius 2 is 2.12 bits per heavy atom. The summed E-state index contributed by atoms with van der Waals surface area (Å²) >= 11 is 1.47. The second-order valence-electron chi connectivity index (χ2n) is 5.44. The normalized spacial score (nSPS) is 10.5. The van der Waals surface area contributed by atoms with E-state index in [1.807, 2.05) is 37.3 Å². The molecule has 3 heterocycles. The van der Waals surface area contributed by atoms with E-state index in [0.717, 1.165) is 27.0 Å². The summed E-state index contributed by atoms with van der Waals surface area (Å²) in [5.74, 6) is 1.04. The lowest BCUT2D eigenvalue weighted by Gasteiger charge is -2.06. The quantitative estimate of drug-likeness (QED) is 0.638. The molecule has 26 heavy (non-hydrogen) atoms. The summed E-state index contributed by atoms with van der Waals surface area (Å²) in [6.07, 6.45) is 3.50. The average molecular weight is 370 g/mol. The first kappa shape index (κ1) is 18.0. The highest BCUT2D eigenvalue weighted by atomic mass is 32.1. The van der Waals surface area contributed by atoms with E-state index >= 15 is 0 Å². The van der Waals surface area contributed by atoms with Gasteiger partial charge in [-0.1, -0.05) is 6.07 Å². The first-order chi connectivity index (χ1) is 12.6. The van der Waals surface area contributed by atoms with Crippen LogP contribution in [0.4, 0.5) is 11.6 Å². The van der Waals surface area contributed by atoms with Gasteiger partial charge in [0, 0.05) is 12.4 Å². The Kier molecular flexibility index (Phi) is 5.88. The standard InChI is InChI=1S/C18H18N4O3S/c1-12-6-7-19-16(8-12)22-15-5-3-4-13(21-15)14-9-20-17(26-14)10-25-11-18(23)24-2/h3-9H,10-11H2,1-2H3,(H,19,21,22). The van der Waals surface area contributed by atoms with Crippen molar-refractivity contribution in [1.82, 2.24) is 15.0 Å². The minimum absolute atomic E-state index is 0.0907. The van der Waals surface area contributed by atoms with E-state index in [4.69, 9.17) is 4.74 Å². The zero-order valence-corrected chi connectivity index (χ0v) is 15.2. The van der Waals surface area contributed by atoms with Crippen LogP contribution >= 0.6 is 11.3 Å². The van der Waals surface area contributed by atoms with E-state index in [9.17, 15) is 4.79 Å². The number of hydrogen-bond donors (Lipinski definition) is 1. The van der Waals surface area contributed by atoms with Gasteiger partial charge in [-0.3, -0.25) is 0 Å². The highest BCUT2D eigenvalue weighted by Gasteiger charge is 2.08. The van der Waals surface area contributed by atoms with Crippen LogP contribution in [-0.2, 0) is 20.9 Å². The second-order valence-corrected chi connectivity index (χ2v) is 6.55. The lowest BCUT2D eigenvalue weighted by atomic mass is 10.3. The topological polar surface area (TPSA) is 86.2 Å². The molecule has 0 aliphatic carbocycles. The van der Waals surface area contributed by atoms with Gasteiger partial charge in [-0.25, -0.2) is 19.7 Å². The number of anilines is 2. The van der Waals surface area contributed by atoms with E-state index in [0.29, 0.717) is 5.82 Å². The molecule has 0 fully saturated rings. The van der Waals surface area contributed by atoms with Crippen molar-refractivity contribution in [2.45, 2.75) is 13.5 Å². The van der Waals surface area contributed by atoms with Gasteiger partial charge < -0.3 is 14.8 Å². The largest absolute Gasteiger partial charge is 0.467 e. The Hall–Kier alpha value is -2.84. The second kappa shape index (κ2) is 8.50. The number of carbonyl (C=O) groups excluding carboxylic acids is 1. The molecule has 0 aromatic carbocycles. The van der Waals surface area contributed by atoms with E-state index in [1.165, 1.54) is 18.4 Å². The predicted octanol–water partition coefficient (Wildman–Crippen LogP) is 3.34. The molecule has 0 unspecified atom stereocenters. The van der Waals surface area contributed by atoms with Gasteiger partial charge in [0.15, 0.2) is 0 Å². The molecule has 0 amide bonds. The van der Waals surface area contributed by atoms with Crippen molar-refractivity contribution < 1.29 is 14.3 Å². The number of nitrogens with zero attached hydrogens (tertiary/aromatic N) is 3. The predicted molar refractivity (Wildman–Crippen MR) is 99.3 cm³/mol. The number of methoxy groups -OCH3 is 1. The summed E-state index contributed by atoms with van der Waals surface area (Å²) < 4.78 is 9.80. The van der Waals surface area contributed by atoms with Gasteiger partial charge in [0.25, 0.3) is 0 Å². The molecule has 0 saturated heterocycles. The summed E-state index contributed by atoms with van der Waals surface area (Å²) in [5.41, 5.74) is 1.93. The molecule has 3 rings (SSSR count). The smallest absolute Gasteiger partial charge is 0.331 e. The fraction of sp³-hybridized carbons (Fsp3) is 0.222. The van der Waals surface area contributed by atoms with Crippen molar-refractivity contribution >= 4 is 28.9 Å². The molecule has 1 N–H and O–H groups in total. The maximum atomic E-state index is 11.1. The number of rotatable bonds is 7. The molecule has 7 nitrogen and oxygen atoms in total. The number of aryl methyl sites for hydroxylation is 1. The molecule has 8 heteroatoms. The van der Waals surface area contributed by atoms with Gasteiger partial charge in [-0.2, -0.15) is 0 Å². The van der Waals surface area contributed by atoms with Crippen LogP contribution in [0.3, 0.4) is 0 Å². The van der Waals surface area contributed by atoms with E-state index in [2.05, 4.69) is 25.0 Å². The highest BCUT2D eigenvalue weighted by molar-refractivity contribution is 7.15. The third kappa shape index (κ3) is 4.84. The number of thiazole rings is 1. The van der Waals surface area contributed by atoms with Crippen LogP contribution in [0, 0.1) is 6.92 Å². The van der Waals surface area contributed by atoms with Crippen molar-refractivity contribution in [2.75, 3.05) is 19.0 Å². The first-order valence-corrected chi connectivity index (χ1v) is 8.72. The highest BCUT2D eigenvalue weighted by Crippen LogP contribution is 2.26. The summed E-state index contributed by atoms with van der Waals surface area (Å²) in [7, 11) is 1.33. The molecular formula is C18H18N4O3S. The zero-order valence-electron chi connectivity index (χ0n) is 14.4. The molecule has 134 valence electrons. The fourth-order valence-electron chi connectivity index (χ4n) is 2.15. The van der Waals surface area contributed by atoms with Gasteiger partial charge >= 0.3 is 5.97 Å². The average Bonchev–Trinajstić information content (AvgIpc) is 3.11. The van der Waals surface area contributed by atoms with E-state index in [-0.39, 0.29) is 13.2 Å². The first-order valence-electron chi connectivity index (χ1n) is 7.90. The van der Waals surface area contributed by atoms with Crippen molar-refractivity contribution in [2.24, 2.45) is 0 Å². The molecule has 3 aromatic rings. The minimum atomic E-state index is -0.410. The third-order valence-electron chi connectivity index (χ3n) is 3.40. The van der Waals surface area contributed by atoms with Gasteiger partial charge in [0.1, 0.15) is 23.3 Å². The van der Waals surface area contributed by atoms with Crippen LogP contribution in [0.5, 0.6) is 0 Å².